The molecule has 0 bridgehead atoms. The van der Waals surface area contributed by atoms with Crippen molar-refractivity contribution < 1.29 is 0 Å². The van der Waals surface area contributed by atoms with Crippen molar-refractivity contribution in [2.75, 3.05) is 23.3 Å². The predicted molar refractivity (Wildman–Crippen MR) is 85.1 cm³/mol. The molecule has 2 heterocycles. The highest BCUT2D eigenvalue weighted by Crippen LogP contribution is 2.20. The quantitative estimate of drug-likeness (QED) is 0.937. The van der Waals surface area contributed by atoms with Gasteiger partial charge in [-0.2, -0.15) is 10.1 Å². The van der Waals surface area contributed by atoms with Gasteiger partial charge in [0.05, 0.1) is 6.20 Å². The number of benzene rings is 1. The lowest BCUT2D eigenvalue weighted by Crippen LogP contribution is -2.31. The van der Waals surface area contributed by atoms with E-state index >= 15 is 0 Å². The number of hydrogen-bond acceptors (Lipinski definition) is 5. The molecule has 3 rings (SSSR count). The molecule has 21 heavy (non-hydrogen) atoms. The molecule has 0 saturated carbocycles. The summed E-state index contributed by atoms with van der Waals surface area (Å²) in [7, 11) is 0. The van der Waals surface area contributed by atoms with Gasteiger partial charge in [-0.25, -0.2) is 0 Å². The van der Waals surface area contributed by atoms with Gasteiger partial charge in [-0.05, 0) is 56.4 Å². The molecule has 1 saturated heterocycles. The zero-order valence-corrected chi connectivity index (χ0v) is 12.6. The van der Waals surface area contributed by atoms with E-state index in [2.05, 4.69) is 57.4 Å². The molecule has 1 aliphatic heterocycles. The third kappa shape index (κ3) is 3.48. The molecule has 5 nitrogen and oxygen atoms in total. The van der Waals surface area contributed by atoms with Gasteiger partial charge in [-0.1, -0.05) is 6.07 Å². The fraction of sp³-hybridized carbons (Fsp3) is 0.438. The monoisotopic (exact) mass is 283 g/mol. The van der Waals surface area contributed by atoms with Crippen LogP contribution < -0.4 is 10.2 Å². The molecule has 5 heteroatoms. The van der Waals surface area contributed by atoms with E-state index in [-0.39, 0.29) is 0 Å². The zero-order valence-electron chi connectivity index (χ0n) is 12.6. The standard InChI is InChI=1S/C16H21N5/c1-12-8-13(2)10-14(9-12)18-15-11-17-20-16(19-15)21-6-4-3-5-7-21/h8-11H,3-7H2,1-2H3,(H,18,19,20). The van der Waals surface area contributed by atoms with Gasteiger partial charge in [0.25, 0.3) is 0 Å². The second-order valence-corrected chi connectivity index (χ2v) is 5.69. The first-order chi connectivity index (χ1) is 10.2. The highest BCUT2D eigenvalue weighted by atomic mass is 15.3. The summed E-state index contributed by atoms with van der Waals surface area (Å²) in [6, 6.07) is 6.37. The van der Waals surface area contributed by atoms with Gasteiger partial charge in [0.1, 0.15) is 0 Å². The molecule has 1 aliphatic rings. The summed E-state index contributed by atoms with van der Waals surface area (Å²) in [5.74, 6) is 1.47. The van der Waals surface area contributed by atoms with E-state index in [0.717, 1.165) is 30.5 Å². The molecule has 1 aromatic carbocycles. The minimum Gasteiger partial charge on any atom is -0.339 e. The maximum Gasteiger partial charge on any atom is 0.247 e. The van der Waals surface area contributed by atoms with Crippen LogP contribution >= 0.6 is 0 Å². The Morgan fingerprint density at radius 2 is 1.71 bits per heavy atom. The molecular formula is C16H21N5. The van der Waals surface area contributed by atoms with Crippen LogP contribution in [0.2, 0.25) is 0 Å². The first-order valence-electron chi connectivity index (χ1n) is 7.51. The van der Waals surface area contributed by atoms with Gasteiger partial charge in [0.15, 0.2) is 5.82 Å². The van der Waals surface area contributed by atoms with Crippen molar-refractivity contribution in [3.05, 3.63) is 35.5 Å². The van der Waals surface area contributed by atoms with Gasteiger partial charge < -0.3 is 10.2 Å². The van der Waals surface area contributed by atoms with Crippen LogP contribution in [0.4, 0.5) is 17.5 Å². The summed E-state index contributed by atoms with van der Waals surface area (Å²) in [5.41, 5.74) is 3.50. The summed E-state index contributed by atoms with van der Waals surface area (Å²) in [4.78, 5) is 6.80. The number of nitrogens with zero attached hydrogens (tertiary/aromatic N) is 4. The van der Waals surface area contributed by atoms with Crippen molar-refractivity contribution in [3.63, 3.8) is 0 Å². The maximum atomic E-state index is 4.59. The van der Waals surface area contributed by atoms with Crippen LogP contribution in [-0.4, -0.2) is 28.3 Å². The lowest BCUT2D eigenvalue weighted by atomic mass is 10.1. The summed E-state index contributed by atoms with van der Waals surface area (Å²) in [5, 5.41) is 11.6. The second kappa shape index (κ2) is 6.08. The van der Waals surface area contributed by atoms with Crippen LogP contribution in [0.1, 0.15) is 30.4 Å². The minimum atomic E-state index is 0.726. The van der Waals surface area contributed by atoms with Crippen LogP contribution in [0.3, 0.4) is 0 Å². The highest BCUT2D eigenvalue weighted by molar-refractivity contribution is 5.58. The van der Waals surface area contributed by atoms with Crippen LogP contribution in [0, 0.1) is 13.8 Å². The molecule has 2 aromatic rings. The fourth-order valence-electron chi connectivity index (χ4n) is 2.78. The molecule has 0 atom stereocenters. The summed E-state index contributed by atoms with van der Waals surface area (Å²) >= 11 is 0. The molecular weight excluding hydrogens is 262 g/mol. The molecule has 1 N–H and O–H groups in total. The normalized spacial score (nSPS) is 15.0. The van der Waals surface area contributed by atoms with E-state index in [1.165, 1.54) is 30.4 Å². The van der Waals surface area contributed by atoms with Crippen molar-refractivity contribution >= 4 is 17.5 Å². The van der Waals surface area contributed by atoms with Crippen molar-refractivity contribution in [2.24, 2.45) is 0 Å². The minimum absolute atomic E-state index is 0.726. The predicted octanol–water partition coefficient (Wildman–Crippen LogP) is 3.22. The Morgan fingerprint density at radius 1 is 1.00 bits per heavy atom. The van der Waals surface area contributed by atoms with E-state index in [9.17, 15) is 0 Å². The third-order valence-electron chi connectivity index (χ3n) is 3.68. The zero-order chi connectivity index (χ0) is 14.7. The van der Waals surface area contributed by atoms with E-state index in [0.29, 0.717) is 0 Å². The Kier molecular flexibility index (Phi) is 3.99. The first kappa shape index (κ1) is 13.8. The van der Waals surface area contributed by atoms with Crippen LogP contribution in [-0.2, 0) is 0 Å². The van der Waals surface area contributed by atoms with E-state index in [4.69, 9.17) is 0 Å². The van der Waals surface area contributed by atoms with E-state index in [1.54, 1.807) is 6.20 Å². The molecule has 0 unspecified atom stereocenters. The Labute approximate surface area is 125 Å². The van der Waals surface area contributed by atoms with Crippen LogP contribution in [0.15, 0.2) is 24.4 Å². The highest BCUT2D eigenvalue weighted by Gasteiger charge is 2.14. The molecule has 0 spiro atoms. The number of nitrogens with one attached hydrogen (secondary N) is 1. The molecule has 0 aliphatic carbocycles. The topological polar surface area (TPSA) is 53.9 Å². The largest absolute Gasteiger partial charge is 0.339 e. The van der Waals surface area contributed by atoms with Crippen LogP contribution in [0.25, 0.3) is 0 Å². The summed E-state index contributed by atoms with van der Waals surface area (Å²) in [6.07, 6.45) is 5.38. The van der Waals surface area contributed by atoms with Gasteiger partial charge in [0, 0.05) is 18.8 Å². The SMILES string of the molecule is Cc1cc(C)cc(Nc2cnnc(N3CCCCC3)n2)c1. The van der Waals surface area contributed by atoms with E-state index in [1.807, 2.05) is 0 Å². The molecule has 1 fully saturated rings. The Balaban J connectivity index is 1.79. The summed E-state index contributed by atoms with van der Waals surface area (Å²) < 4.78 is 0. The smallest absolute Gasteiger partial charge is 0.247 e. The van der Waals surface area contributed by atoms with Crippen molar-refractivity contribution in [1.82, 2.24) is 15.2 Å². The van der Waals surface area contributed by atoms with Crippen LogP contribution in [0.5, 0.6) is 0 Å². The lowest BCUT2D eigenvalue weighted by Gasteiger charge is -2.26. The van der Waals surface area contributed by atoms with Crippen molar-refractivity contribution in [3.8, 4) is 0 Å². The molecule has 0 radical (unpaired) electrons. The van der Waals surface area contributed by atoms with E-state index < -0.39 is 0 Å². The Bertz CT molecular complexity index is 600. The molecule has 0 amide bonds. The van der Waals surface area contributed by atoms with Gasteiger partial charge in [0.2, 0.25) is 5.95 Å². The number of aromatic nitrogens is 3. The fourth-order valence-corrected chi connectivity index (χ4v) is 2.78. The Morgan fingerprint density at radius 3 is 2.43 bits per heavy atom. The number of anilines is 3. The number of piperidine rings is 1. The van der Waals surface area contributed by atoms with Crippen molar-refractivity contribution in [2.45, 2.75) is 33.1 Å². The molecule has 1 aromatic heterocycles. The number of aryl methyl sites for hydroxylation is 2. The number of hydrogen-bond donors (Lipinski definition) is 1. The average Bonchev–Trinajstić information content (AvgIpc) is 2.47. The van der Waals surface area contributed by atoms with Gasteiger partial charge in [-0.15, -0.1) is 5.10 Å². The average molecular weight is 283 g/mol. The molecule has 110 valence electrons. The van der Waals surface area contributed by atoms with Crippen molar-refractivity contribution in [1.29, 1.82) is 0 Å². The maximum absolute atomic E-state index is 4.59. The van der Waals surface area contributed by atoms with Gasteiger partial charge >= 0.3 is 0 Å². The number of rotatable bonds is 3. The lowest BCUT2D eigenvalue weighted by molar-refractivity contribution is 0.565. The second-order valence-electron chi connectivity index (χ2n) is 5.69. The first-order valence-corrected chi connectivity index (χ1v) is 7.51. The third-order valence-corrected chi connectivity index (χ3v) is 3.68. The Hall–Kier alpha value is -2.17. The summed E-state index contributed by atoms with van der Waals surface area (Å²) in [6.45, 7) is 6.23. The van der Waals surface area contributed by atoms with Gasteiger partial charge in [-0.3, -0.25) is 0 Å².